The van der Waals surface area contributed by atoms with Crippen molar-refractivity contribution in [3.05, 3.63) is 46.6 Å². The lowest BCUT2D eigenvalue weighted by Crippen LogP contribution is -2.30. The van der Waals surface area contributed by atoms with Crippen LogP contribution in [-0.4, -0.2) is 27.8 Å². The molecule has 3 rings (SSSR count). The van der Waals surface area contributed by atoms with Crippen molar-refractivity contribution in [3.8, 4) is 0 Å². The Balaban J connectivity index is 1.51. The maximum absolute atomic E-state index is 12.0. The second kappa shape index (κ2) is 7.10. The molecule has 6 nitrogen and oxygen atoms in total. The number of carbonyl (C=O) groups excluding carboxylic acids is 1. The van der Waals surface area contributed by atoms with Gasteiger partial charge in [-0.2, -0.15) is 4.98 Å². The molecular formula is C16H18ClN3O3. The van der Waals surface area contributed by atoms with E-state index >= 15 is 0 Å². The van der Waals surface area contributed by atoms with E-state index in [1.54, 1.807) is 24.3 Å². The molecule has 23 heavy (non-hydrogen) atoms. The van der Waals surface area contributed by atoms with Crippen LogP contribution in [0.15, 0.2) is 28.8 Å². The maximum atomic E-state index is 12.0. The van der Waals surface area contributed by atoms with Gasteiger partial charge in [0, 0.05) is 23.8 Å². The SMILES string of the molecule is O=C(CCc1nc(C2CC2)no1)NC(CO)c1ccc(Cl)cc1. The van der Waals surface area contributed by atoms with Crippen LogP contribution in [0.5, 0.6) is 0 Å². The fourth-order valence-electron chi connectivity index (χ4n) is 2.29. The van der Waals surface area contributed by atoms with Crippen molar-refractivity contribution in [2.75, 3.05) is 6.61 Å². The first-order valence-electron chi connectivity index (χ1n) is 7.64. The van der Waals surface area contributed by atoms with Gasteiger partial charge in [-0.25, -0.2) is 0 Å². The molecule has 7 heteroatoms. The van der Waals surface area contributed by atoms with Crippen LogP contribution in [0, 0.1) is 0 Å². The molecular weight excluding hydrogens is 318 g/mol. The topological polar surface area (TPSA) is 88.2 Å². The molecule has 2 aromatic rings. The number of halogens is 1. The summed E-state index contributed by atoms with van der Waals surface area (Å²) in [5, 5.41) is 16.8. The van der Waals surface area contributed by atoms with Gasteiger partial charge in [-0.3, -0.25) is 4.79 Å². The van der Waals surface area contributed by atoms with Crippen molar-refractivity contribution < 1.29 is 14.4 Å². The molecule has 1 fully saturated rings. The third kappa shape index (κ3) is 4.30. The zero-order chi connectivity index (χ0) is 16.2. The van der Waals surface area contributed by atoms with Gasteiger partial charge < -0.3 is 14.9 Å². The zero-order valence-corrected chi connectivity index (χ0v) is 13.3. The van der Waals surface area contributed by atoms with Crippen molar-refractivity contribution >= 4 is 17.5 Å². The van der Waals surface area contributed by atoms with E-state index in [2.05, 4.69) is 15.5 Å². The van der Waals surface area contributed by atoms with Crippen LogP contribution in [0.2, 0.25) is 5.02 Å². The fraction of sp³-hybridized carbons (Fsp3) is 0.438. The highest BCUT2D eigenvalue weighted by atomic mass is 35.5. The Bertz CT molecular complexity index is 667. The normalized spacial score (nSPS) is 15.4. The van der Waals surface area contributed by atoms with Crippen LogP contribution in [0.3, 0.4) is 0 Å². The number of benzene rings is 1. The van der Waals surface area contributed by atoms with Gasteiger partial charge in [-0.1, -0.05) is 28.9 Å². The summed E-state index contributed by atoms with van der Waals surface area (Å²) in [5.74, 6) is 1.49. The van der Waals surface area contributed by atoms with Crippen LogP contribution in [0.25, 0.3) is 0 Å². The minimum Gasteiger partial charge on any atom is -0.394 e. The van der Waals surface area contributed by atoms with E-state index in [4.69, 9.17) is 16.1 Å². The quantitative estimate of drug-likeness (QED) is 0.811. The monoisotopic (exact) mass is 335 g/mol. The largest absolute Gasteiger partial charge is 0.394 e. The van der Waals surface area contributed by atoms with Crippen molar-refractivity contribution in [2.45, 2.75) is 37.6 Å². The molecule has 1 atom stereocenters. The van der Waals surface area contributed by atoms with Gasteiger partial charge >= 0.3 is 0 Å². The van der Waals surface area contributed by atoms with Gasteiger partial charge in [0.2, 0.25) is 11.8 Å². The van der Waals surface area contributed by atoms with E-state index in [0.29, 0.717) is 23.3 Å². The molecule has 1 amide bonds. The first-order chi connectivity index (χ1) is 11.2. The third-order valence-electron chi connectivity index (χ3n) is 3.78. The highest BCUT2D eigenvalue weighted by molar-refractivity contribution is 6.30. The van der Waals surface area contributed by atoms with Crippen LogP contribution < -0.4 is 5.32 Å². The maximum Gasteiger partial charge on any atom is 0.227 e. The Hall–Kier alpha value is -1.92. The Kier molecular flexibility index (Phi) is 4.93. The Morgan fingerprint density at radius 3 is 2.78 bits per heavy atom. The molecule has 0 aliphatic heterocycles. The first-order valence-corrected chi connectivity index (χ1v) is 8.01. The van der Waals surface area contributed by atoms with E-state index in [-0.39, 0.29) is 18.9 Å². The minimum absolute atomic E-state index is 0.176. The predicted molar refractivity (Wildman–Crippen MR) is 84.0 cm³/mol. The minimum atomic E-state index is -0.454. The number of hydrogen-bond acceptors (Lipinski definition) is 5. The summed E-state index contributed by atoms with van der Waals surface area (Å²) in [6.07, 6.45) is 2.85. The van der Waals surface area contributed by atoms with Gasteiger partial charge in [0.1, 0.15) is 0 Å². The molecule has 1 unspecified atom stereocenters. The molecule has 1 aromatic heterocycles. The van der Waals surface area contributed by atoms with Crippen molar-refractivity contribution in [1.29, 1.82) is 0 Å². The molecule has 0 spiro atoms. The number of aryl methyl sites for hydroxylation is 1. The van der Waals surface area contributed by atoms with E-state index in [1.165, 1.54) is 0 Å². The average Bonchev–Trinajstić information content (AvgIpc) is 3.30. The van der Waals surface area contributed by atoms with E-state index in [0.717, 1.165) is 24.2 Å². The third-order valence-corrected chi connectivity index (χ3v) is 4.03. The highest BCUT2D eigenvalue weighted by Gasteiger charge is 2.28. The lowest BCUT2D eigenvalue weighted by molar-refractivity contribution is -0.122. The molecule has 122 valence electrons. The predicted octanol–water partition coefficient (Wildman–Crippen LogP) is 2.38. The lowest BCUT2D eigenvalue weighted by atomic mass is 10.1. The summed E-state index contributed by atoms with van der Waals surface area (Å²) in [4.78, 5) is 16.3. The van der Waals surface area contributed by atoms with Gasteiger partial charge in [-0.15, -0.1) is 0 Å². The Morgan fingerprint density at radius 2 is 2.13 bits per heavy atom. The summed E-state index contributed by atoms with van der Waals surface area (Å²) in [5.41, 5.74) is 0.805. The number of carbonyl (C=O) groups is 1. The number of nitrogens with zero attached hydrogens (tertiary/aromatic N) is 2. The molecule has 2 N–H and O–H groups in total. The van der Waals surface area contributed by atoms with Gasteiger partial charge in [0.15, 0.2) is 5.82 Å². The first kappa shape index (κ1) is 16.0. The molecule has 0 saturated heterocycles. The number of amides is 1. The van der Waals surface area contributed by atoms with Crippen molar-refractivity contribution in [1.82, 2.24) is 15.5 Å². The van der Waals surface area contributed by atoms with Gasteiger partial charge in [-0.05, 0) is 30.5 Å². The second-order valence-electron chi connectivity index (χ2n) is 5.67. The van der Waals surface area contributed by atoms with Crippen molar-refractivity contribution in [2.24, 2.45) is 0 Å². The number of aliphatic hydroxyl groups is 1. The van der Waals surface area contributed by atoms with Crippen LogP contribution >= 0.6 is 11.6 Å². The molecule has 1 aliphatic rings. The molecule has 0 bridgehead atoms. The molecule has 1 aromatic carbocycles. The number of rotatable bonds is 7. The highest BCUT2D eigenvalue weighted by Crippen LogP contribution is 2.38. The van der Waals surface area contributed by atoms with Gasteiger partial charge in [0.25, 0.3) is 0 Å². The van der Waals surface area contributed by atoms with Crippen molar-refractivity contribution in [3.63, 3.8) is 0 Å². The smallest absolute Gasteiger partial charge is 0.227 e. The Labute approximate surface area is 138 Å². The van der Waals surface area contributed by atoms with E-state index in [1.807, 2.05) is 0 Å². The van der Waals surface area contributed by atoms with Gasteiger partial charge in [0.05, 0.1) is 12.6 Å². The van der Waals surface area contributed by atoms with Crippen LogP contribution in [0.1, 0.15) is 48.5 Å². The summed E-state index contributed by atoms with van der Waals surface area (Å²) < 4.78 is 5.14. The summed E-state index contributed by atoms with van der Waals surface area (Å²) in [6, 6.07) is 6.56. The van der Waals surface area contributed by atoms with Crippen LogP contribution in [0.4, 0.5) is 0 Å². The summed E-state index contributed by atoms with van der Waals surface area (Å²) in [6.45, 7) is -0.181. The summed E-state index contributed by atoms with van der Waals surface area (Å²) >= 11 is 5.84. The molecule has 1 heterocycles. The molecule has 0 radical (unpaired) electrons. The van der Waals surface area contributed by atoms with E-state index < -0.39 is 6.04 Å². The molecule has 1 saturated carbocycles. The summed E-state index contributed by atoms with van der Waals surface area (Å²) in [7, 11) is 0. The Morgan fingerprint density at radius 1 is 1.39 bits per heavy atom. The number of nitrogens with one attached hydrogen (secondary N) is 1. The second-order valence-corrected chi connectivity index (χ2v) is 6.11. The number of aliphatic hydroxyl groups excluding tert-OH is 1. The lowest BCUT2D eigenvalue weighted by Gasteiger charge is -2.16. The zero-order valence-electron chi connectivity index (χ0n) is 12.5. The van der Waals surface area contributed by atoms with Crippen LogP contribution in [-0.2, 0) is 11.2 Å². The number of hydrogen-bond donors (Lipinski definition) is 2. The fourth-order valence-corrected chi connectivity index (χ4v) is 2.42. The average molecular weight is 336 g/mol. The van der Waals surface area contributed by atoms with E-state index in [9.17, 15) is 9.90 Å². The standard InChI is InChI=1S/C16H18ClN3O3/c17-12-5-3-10(4-6-12)13(9-21)18-14(22)7-8-15-19-16(20-23-15)11-1-2-11/h3-6,11,13,21H,1-2,7-9H2,(H,18,22). The molecule has 1 aliphatic carbocycles. The number of aromatic nitrogens is 2.